The molecule has 23 heavy (non-hydrogen) atoms. The Morgan fingerprint density at radius 3 is 2.43 bits per heavy atom. The molecule has 124 valence electrons. The minimum atomic E-state index is -3.50. The Morgan fingerprint density at radius 2 is 1.83 bits per heavy atom. The fraction of sp³-hybridized carbons (Fsp3) is 0.467. The van der Waals surface area contributed by atoms with Crippen LogP contribution in [0.15, 0.2) is 41.6 Å². The fourth-order valence-corrected chi connectivity index (χ4v) is 4.14. The van der Waals surface area contributed by atoms with Crippen LogP contribution in [0.25, 0.3) is 0 Å². The number of hydrogen-bond donors (Lipinski definition) is 0. The maximum Gasteiger partial charge on any atom is 0.243 e. The largest absolute Gasteiger partial charge is 0.491 e. The van der Waals surface area contributed by atoms with E-state index in [9.17, 15) is 8.42 Å². The average Bonchev–Trinajstić information content (AvgIpc) is 3.18. The van der Waals surface area contributed by atoms with Crippen molar-refractivity contribution in [3.05, 3.63) is 36.7 Å². The van der Waals surface area contributed by atoms with Gasteiger partial charge in [0.15, 0.2) is 0 Å². The number of hydrogen-bond acceptors (Lipinski definition) is 5. The second-order valence-corrected chi connectivity index (χ2v) is 7.73. The second kappa shape index (κ2) is 6.29. The van der Waals surface area contributed by atoms with E-state index >= 15 is 0 Å². The summed E-state index contributed by atoms with van der Waals surface area (Å²) in [7, 11) is -3.50. The Labute approximate surface area is 135 Å². The summed E-state index contributed by atoms with van der Waals surface area (Å²) in [4.78, 5) is 1.86. The van der Waals surface area contributed by atoms with Crippen LogP contribution in [0.3, 0.4) is 0 Å². The highest BCUT2D eigenvalue weighted by Crippen LogP contribution is 2.27. The Kier molecular flexibility index (Phi) is 4.36. The molecule has 0 N–H and O–H groups in total. The van der Waals surface area contributed by atoms with Crippen LogP contribution in [-0.4, -0.2) is 46.9 Å². The molecule has 2 heterocycles. The van der Waals surface area contributed by atoms with E-state index in [-0.39, 0.29) is 17.0 Å². The molecule has 1 aromatic carbocycles. The molecule has 0 bridgehead atoms. The van der Waals surface area contributed by atoms with Crippen LogP contribution in [0.4, 0.5) is 0 Å². The summed E-state index contributed by atoms with van der Waals surface area (Å²) in [5.41, 5.74) is 0. The van der Waals surface area contributed by atoms with Crippen molar-refractivity contribution >= 4 is 10.0 Å². The monoisotopic (exact) mass is 336 g/mol. The predicted molar refractivity (Wildman–Crippen MR) is 84.6 cm³/mol. The van der Waals surface area contributed by atoms with Crippen LogP contribution in [-0.2, 0) is 10.0 Å². The normalized spacial score (nSPS) is 19.3. The lowest BCUT2D eigenvalue weighted by Crippen LogP contribution is -2.29. The van der Waals surface area contributed by atoms with E-state index in [4.69, 9.17) is 4.74 Å². The van der Waals surface area contributed by atoms with Gasteiger partial charge in [0.05, 0.1) is 29.4 Å². The lowest BCUT2D eigenvalue weighted by Gasteiger charge is -2.17. The molecule has 1 aromatic heterocycles. The van der Waals surface area contributed by atoms with Crippen LogP contribution in [0, 0.1) is 0 Å². The van der Waals surface area contributed by atoms with Crippen molar-refractivity contribution in [1.82, 2.24) is 19.3 Å². The van der Waals surface area contributed by atoms with Crippen LogP contribution in [0.2, 0.25) is 0 Å². The quantitative estimate of drug-likeness (QED) is 0.830. The van der Waals surface area contributed by atoms with Gasteiger partial charge >= 0.3 is 0 Å². The van der Waals surface area contributed by atoms with Crippen molar-refractivity contribution in [2.24, 2.45) is 0 Å². The number of rotatable bonds is 5. The minimum Gasteiger partial charge on any atom is -0.491 e. The third kappa shape index (κ3) is 3.37. The first-order chi connectivity index (χ1) is 11.0. The second-order valence-electron chi connectivity index (χ2n) is 5.79. The van der Waals surface area contributed by atoms with Gasteiger partial charge in [0.2, 0.25) is 10.0 Å². The molecule has 0 saturated carbocycles. The predicted octanol–water partition coefficient (Wildman–Crippen LogP) is 1.70. The van der Waals surface area contributed by atoms with Gasteiger partial charge < -0.3 is 4.74 Å². The maximum atomic E-state index is 12.7. The number of aromatic nitrogens is 3. The zero-order valence-corrected chi connectivity index (χ0v) is 14.0. The highest BCUT2D eigenvalue weighted by molar-refractivity contribution is 7.89. The minimum absolute atomic E-state index is 0.0108. The van der Waals surface area contributed by atoms with Gasteiger partial charge in [0, 0.05) is 13.1 Å². The van der Waals surface area contributed by atoms with E-state index in [1.807, 2.05) is 13.8 Å². The zero-order valence-electron chi connectivity index (χ0n) is 13.2. The summed E-state index contributed by atoms with van der Waals surface area (Å²) in [5.74, 6) is 0.666. The van der Waals surface area contributed by atoms with Crippen molar-refractivity contribution in [3.63, 3.8) is 0 Å². The molecule has 1 unspecified atom stereocenters. The Bertz CT molecular complexity index is 742. The van der Waals surface area contributed by atoms with Gasteiger partial charge in [-0.2, -0.15) is 19.3 Å². The third-order valence-electron chi connectivity index (χ3n) is 3.72. The molecule has 0 spiro atoms. The third-order valence-corrected chi connectivity index (χ3v) is 5.60. The SMILES string of the molecule is CC(C)Oc1ccc(S(=O)(=O)N2CCC(n3nccn3)C2)cc1. The van der Waals surface area contributed by atoms with E-state index in [0.717, 1.165) is 0 Å². The lowest BCUT2D eigenvalue weighted by molar-refractivity contribution is 0.242. The molecule has 0 aliphatic carbocycles. The number of benzene rings is 1. The molecule has 0 amide bonds. The molecule has 1 aliphatic rings. The highest BCUT2D eigenvalue weighted by Gasteiger charge is 2.34. The van der Waals surface area contributed by atoms with Crippen molar-refractivity contribution in [3.8, 4) is 5.75 Å². The van der Waals surface area contributed by atoms with Gasteiger partial charge in [-0.3, -0.25) is 0 Å². The van der Waals surface area contributed by atoms with Crippen molar-refractivity contribution in [2.45, 2.75) is 37.3 Å². The topological polar surface area (TPSA) is 77.3 Å². The van der Waals surface area contributed by atoms with E-state index in [1.54, 1.807) is 41.5 Å². The molecule has 1 fully saturated rings. The molecule has 2 aromatic rings. The Morgan fingerprint density at radius 1 is 1.17 bits per heavy atom. The summed E-state index contributed by atoms with van der Waals surface area (Å²) >= 11 is 0. The Hall–Kier alpha value is -1.93. The van der Waals surface area contributed by atoms with Gasteiger partial charge in [-0.1, -0.05) is 0 Å². The van der Waals surface area contributed by atoms with E-state index in [2.05, 4.69) is 10.2 Å². The molecule has 1 saturated heterocycles. The van der Waals surface area contributed by atoms with Crippen molar-refractivity contribution in [1.29, 1.82) is 0 Å². The summed E-state index contributed by atoms with van der Waals surface area (Å²) in [6.07, 6.45) is 3.97. The molecule has 3 rings (SSSR count). The maximum absolute atomic E-state index is 12.7. The smallest absolute Gasteiger partial charge is 0.243 e. The summed E-state index contributed by atoms with van der Waals surface area (Å²) in [5, 5.41) is 8.19. The lowest BCUT2D eigenvalue weighted by atomic mass is 10.3. The molecular weight excluding hydrogens is 316 g/mol. The summed E-state index contributed by atoms with van der Waals surface area (Å²) in [6.45, 7) is 4.72. The van der Waals surface area contributed by atoms with Gasteiger partial charge in [-0.25, -0.2) is 8.42 Å². The van der Waals surface area contributed by atoms with Gasteiger partial charge in [-0.15, -0.1) is 0 Å². The molecular formula is C15H20N4O3S. The highest BCUT2D eigenvalue weighted by atomic mass is 32.2. The van der Waals surface area contributed by atoms with Gasteiger partial charge in [-0.05, 0) is 44.5 Å². The fourth-order valence-electron chi connectivity index (χ4n) is 2.64. The zero-order chi connectivity index (χ0) is 16.4. The number of nitrogens with zero attached hydrogens (tertiary/aromatic N) is 4. The summed E-state index contributed by atoms with van der Waals surface area (Å²) in [6, 6.07) is 6.55. The molecule has 7 nitrogen and oxygen atoms in total. The molecule has 1 atom stereocenters. The first-order valence-corrected chi connectivity index (χ1v) is 9.03. The number of ether oxygens (including phenoxy) is 1. The van der Waals surface area contributed by atoms with Crippen molar-refractivity contribution in [2.75, 3.05) is 13.1 Å². The van der Waals surface area contributed by atoms with Crippen LogP contribution in [0.1, 0.15) is 26.3 Å². The van der Waals surface area contributed by atoms with E-state index in [1.165, 1.54) is 4.31 Å². The van der Waals surface area contributed by atoms with E-state index in [0.29, 0.717) is 25.3 Å². The van der Waals surface area contributed by atoms with Crippen LogP contribution >= 0.6 is 0 Å². The van der Waals surface area contributed by atoms with Crippen LogP contribution < -0.4 is 4.74 Å². The number of sulfonamides is 1. The average molecular weight is 336 g/mol. The van der Waals surface area contributed by atoms with Gasteiger partial charge in [0.25, 0.3) is 0 Å². The van der Waals surface area contributed by atoms with Gasteiger partial charge in [0.1, 0.15) is 5.75 Å². The summed E-state index contributed by atoms with van der Waals surface area (Å²) < 4.78 is 32.5. The first kappa shape index (κ1) is 15.9. The van der Waals surface area contributed by atoms with Crippen molar-refractivity contribution < 1.29 is 13.2 Å². The molecule has 8 heteroatoms. The standard InChI is InChI=1S/C15H20N4O3S/c1-12(2)22-14-3-5-15(6-4-14)23(20,21)18-10-7-13(11-18)19-16-8-9-17-19/h3-6,8-9,12-13H,7,10-11H2,1-2H3. The Balaban J connectivity index is 1.74. The molecule has 1 aliphatic heterocycles. The van der Waals surface area contributed by atoms with Crippen LogP contribution in [0.5, 0.6) is 5.75 Å². The molecule has 0 radical (unpaired) electrons. The van der Waals surface area contributed by atoms with E-state index < -0.39 is 10.0 Å². The first-order valence-electron chi connectivity index (χ1n) is 7.59.